The smallest absolute Gasteiger partial charge is 0.462 e. The molecule has 0 fully saturated rings. The minimum absolute atomic E-state index is 0.0525. The van der Waals surface area contributed by atoms with Crippen molar-refractivity contribution >= 4 is 19.8 Å². The van der Waals surface area contributed by atoms with Gasteiger partial charge in [0.05, 0.1) is 13.2 Å². The summed E-state index contributed by atoms with van der Waals surface area (Å²) in [6.45, 7) is 3.70. The fraction of sp³-hybridized carbons (Fsp3) is 0.854. The number of hydrogen-bond donors (Lipinski definition) is 2. The maximum atomic E-state index is 12.5. The van der Waals surface area contributed by atoms with Crippen molar-refractivity contribution in [1.29, 1.82) is 0 Å². The van der Waals surface area contributed by atoms with Gasteiger partial charge in [-0.2, -0.15) is 0 Å². The molecule has 0 radical (unpaired) electrons. The second kappa shape index (κ2) is 38.2. The van der Waals surface area contributed by atoms with E-state index in [1.165, 1.54) is 96.3 Å². The summed E-state index contributed by atoms with van der Waals surface area (Å²) in [5, 5.41) is 0. The number of hydrogen-bond acceptors (Lipinski definition) is 8. The Morgan fingerprint density at radius 1 is 0.569 bits per heavy atom. The summed E-state index contributed by atoms with van der Waals surface area (Å²) in [5.74, 6) is -0.840. The first-order chi connectivity index (χ1) is 24.8. The van der Waals surface area contributed by atoms with Crippen LogP contribution in [0.2, 0.25) is 0 Å². The maximum absolute atomic E-state index is 12.5. The van der Waals surface area contributed by atoms with Gasteiger partial charge in [-0.05, 0) is 64.2 Å². The standard InChI is InChI=1S/C41H78NO8P/c1-3-5-7-9-11-13-15-17-19-21-23-25-27-29-31-33-40(43)47-37-39(38-49-51(45,46)48-36-35-42)50-41(44)34-32-30-28-26-24-22-20-18-16-14-12-10-8-6-4-2/h14,16-17,19,39H,3-13,15,18,20-38,42H2,1-2H3,(H,45,46)/b16-14+,19-17+/t39-/m1/s1. The predicted molar refractivity (Wildman–Crippen MR) is 211 cm³/mol. The van der Waals surface area contributed by atoms with Crippen molar-refractivity contribution in [2.24, 2.45) is 5.73 Å². The Labute approximate surface area is 312 Å². The quantitative estimate of drug-likeness (QED) is 0.0273. The first kappa shape index (κ1) is 49.5. The molecule has 2 atom stereocenters. The molecule has 9 nitrogen and oxygen atoms in total. The molecular weight excluding hydrogens is 665 g/mol. The van der Waals surface area contributed by atoms with Gasteiger partial charge in [-0.15, -0.1) is 0 Å². The van der Waals surface area contributed by atoms with Crippen LogP contribution in [0.4, 0.5) is 0 Å². The number of carbonyl (C=O) groups excluding carboxylic acids is 2. The first-order valence-electron chi connectivity index (χ1n) is 20.8. The van der Waals surface area contributed by atoms with E-state index in [-0.39, 0.29) is 32.6 Å². The Hall–Kier alpha value is -1.51. The minimum Gasteiger partial charge on any atom is -0.462 e. The summed E-state index contributed by atoms with van der Waals surface area (Å²) in [4.78, 5) is 34.8. The number of esters is 2. The highest BCUT2D eigenvalue weighted by Gasteiger charge is 2.26. The van der Waals surface area contributed by atoms with Crippen LogP contribution in [-0.2, 0) is 32.7 Å². The molecule has 0 aromatic heterocycles. The predicted octanol–water partition coefficient (Wildman–Crippen LogP) is 11.6. The summed E-state index contributed by atoms with van der Waals surface area (Å²) in [6, 6.07) is 0. The summed E-state index contributed by atoms with van der Waals surface area (Å²) in [6.07, 6.45) is 39.1. The summed E-state index contributed by atoms with van der Waals surface area (Å²) >= 11 is 0. The number of unbranched alkanes of at least 4 members (excludes halogenated alkanes) is 22. The van der Waals surface area contributed by atoms with Crippen molar-refractivity contribution in [3.8, 4) is 0 Å². The molecular formula is C41H78NO8P. The van der Waals surface area contributed by atoms with Gasteiger partial charge in [-0.3, -0.25) is 18.6 Å². The van der Waals surface area contributed by atoms with E-state index in [0.717, 1.165) is 64.2 Å². The SMILES string of the molecule is CCCCCC/C=C/CCCCCCCCCC(=O)O[C@H](COC(=O)CCCCCCC/C=C/CCCCCCCC)COP(=O)(O)OCCN. The molecule has 0 aromatic carbocycles. The van der Waals surface area contributed by atoms with Crippen LogP contribution in [0.15, 0.2) is 24.3 Å². The monoisotopic (exact) mass is 744 g/mol. The van der Waals surface area contributed by atoms with E-state index < -0.39 is 32.5 Å². The Balaban J connectivity index is 4.19. The second-order valence-electron chi connectivity index (χ2n) is 13.8. The van der Waals surface area contributed by atoms with Crippen molar-refractivity contribution in [1.82, 2.24) is 0 Å². The molecule has 0 bridgehead atoms. The maximum Gasteiger partial charge on any atom is 0.472 e. The Kier molecular flexibility index (Phi) is 37.1. The van der Waals surface area contributed by atoms with E-state index in [1.54, 1.807) is 0 Å². The third kappa shape index (κ3) is 38.0. The van der Waals surface area contributed by atoms with E-state index in [0.29, 0.717) is 6.42 Å². The molecule has 0 heterocycles. The lowest BCUT2D eigenvalue weighted by atomic mass is 10.1. The van der Waals surface area contributed by atoms with Crippen molar-refractivity contribution in [3.05, 3.63) is 24.3 Å². The highest BCUT2D eigenvalue weighted by molar-refractivity contribution is 7.47. The van der Waals surface area contributed by atoms with Gasteiger partial charge in [0.25, 0.3) is 0 Å². The molecule has 300 valence electrons. The van der Waals surface area contributed by atoms with Gasteiger partial charge in [0.15, 0.2) is 6.10 Å². The Morgan fingerprint density at radius 3 is 1.41 bits per heavy atom. The molecule has 0 saturated heterocycles. The van der Waals surface area contributed by atoms with Crippen LogP contribution in [0.5, 0.6) is 0 Å². The van der Waals surface area contributed by atoms with E-state index in [1.807, 2.05) is 0 Å². The number of allylic oxidation sites excluding steroid dienone is 4. The average Bonchev–Trinajstić information content (AvgIpc) is 3.11. The Morgan fingerprint density at radius 2 is 0.961 bits per heavy atom. The van der Waals surface area contributed by atoms with Gasteiger partial charge >= 0.3 is 19.8 Å². The van der Waals surface area contributed by atoms with Crippen LogP contribution >= 0.6 is 7.82 Å². The third-order valence-electron chi connectivity index (χ3n) is 8.81. The molecule has 10 heteroatoms. The van der Waals surface area contributed by atoms with Crippen LogP contribution in [0.25, 0.3) is 0 Å². The highest BCUT2D eigenvalue weighted by Crippen LogP contribution is 2.43. The van der Waals surface area contributed by atoms with Gasteiger partial charge < -0.3 is 20.1 Å². The summed E-state index contributed by atoms with van der Waals surface area (Å²) < 4.78 is 32.7. The van der Waals surface area contributed by atoms with E-state index in [4.69, 9.17) is 24.3 Å². The molecule has 0 aliphatic rings. The lowest BCUT2D eigenvalue weighted by Gasteiger charge is -2.19. The zero-order valence-corrected chi connectivity index (χ0v) is 33.7. The zero-order chi connectivity index (χ0) is 37.5. The number of nitrogens with two attached hydrogens (primary N) is 1. The van der Waals surface area contributed by atoms with Gasteiger partial charge in [0.1, 0.15) is 6.61 Å². The zero-order valence-electron chi connectivity index (χ0n) is 32.8. The molecule has 0 spiro atoms. The van der Waals surface area contributed by atoms with E-state index in [2.05, 4.69) is 38.2 Å². The lowest BCUT2D eigenvalue weighted by molar-refractivity contribution is -0.161. The number of phosphoric ester groups is 1. The van der Waals surface area contributed by atoms with Crippen molar-refractivity contribution in [3.63, 3.8) is 0 Å². The van der Waals surface area contributed by atoms with Crippen LogP contribution < -0.4 is 5.73 Å². The van der Waals surface area contributed by atoms with Crippen LogP contribution in [0.1, 0.15) is 194 Å². The van der Waals surface area contributed by atoms with Crippen molar-refractivity contribution in [2.45, 2.75) is 200 Å². The van der Waals surface area contributed by atoms with Crippen LogP contribution in [-0.4, -0.2) is 49.3 Å². The second-order valence-corrected chi connectivity index (χ2v) is 15.3. The number of rotatable bonds is 39. The molecule has 0 saturated carbocycles. The number of phosphoric acid groups is 1. The minimum atomic E-state index is -4.37. The van der Waals surface area contributed by atoms with Crippen molar-refractivity contribution in [2.75, 3.05) is 26.4 Å². The fourth-order valence-corrected chi connectivity index (χ4v) is 6.45. The molecule has 0 aliphatic heterocycles. The fourth-order valence-electron chi connectivity index (χ4n) is 5.68. The molecule has 3 N–H and O–H groups in total. The van der Waals surface area contributed by atoms with Gasteiger partial charge in [-0.25, -0.2) is 4.57 Å². The van der Waals surface area contributed by atoms with Crippen molar-refractivity contribution < 1.29 is 37.6 Å². The first-order valence-corrected chi connectivity index (χ1v) is 22.3. The topological polar surface area (TPSA) is 134 Å². The summed E-state index contributed by atoms with van der Waals surface area (Å²) in [7, 11) is -4.37. The van der Waals surface area contributed by atoms with Gasteiger partial charge in [0, 0.05) is 19.4 Å². The summed E-state index contributed by atoms with van der Waals surface area (Å²) in [5.41, 5.74) is 5.34. The van der Waals surface area contributed by atoms with Crippen LogP contribution in [0, 0.1) is 0 Å². The van der Waals surface area contributed by atoms with Crippen LogP contribution in [0.3, 0.4) is 0 Å². The van der Waals surface area contributed by atoms with E-state index >= 15 is 0 Å². The number of carbonyl (C=O) groups is 2. The molecule has 0 rings (SSSR count). The number of ether oxygens (including phenoxy) is 2. The van der Waals surface area contributed by atoms with E-state index in [9.17, 15) is 19.0 Å². The van der Waals surface area contributed by atoms with Gasteiger partial charge in [-0.1, -0.05) is 141 Å². The largest absolute Gasteiger partial charge is 0.472 e. The Bertz CT molecular complexity index is 897. The van der Waals surface area contributed by atoms with Gasteiger partial charge in [0.2, 0.25) is 0 Å². The molecule has 1 unspecified atom stereocenters. The highest BCUT2D eigenvalue weighted by atomic mass is 31.2. The molecule has 0 amide bonds. The normalized spacial score (nSPS) is 13.6. The molecule has 0 aromatic rings. The third-order valence-corrected chi connectivity index (χ3v) is 9.79. The average molecular weight is 744 g/mol. The molecule has 0 aliphatic carbocycles. The lowest BCUT2D eigenvalue weighted by Crippen LogP contribution is -2.29. The molecule has 51 heavy (non-hydrogen) atoms.